The molecule has 0 saturated carbocycles. The molecule has 1 aliphatic heterocycles. The second-order valence-corrected chi connectivity index (χ2v) is 7.90. The van der Waals surface area contributed by atoms with E-state index in [4.69, 9.17) is 12.2 Å². The predicted molar refractivity (Wildman–Crippen MR) is 120 cm³/mol. The largest absolute Gasteiger partial charge is 0.338 e. The van der Waals surface area contributed by atoms with Crippen molar-refractivity contribution >= 4 is 17.3 Å². The molecule has 1 aliphatic rings. The van der Waals surface area contributed by atoms with Gasteiger partial charge in [-0.25, -0.2) is 5.43 Å². The van der Waals surface area contributed by atoms with Crippen LogP contribution in [-0.2, 0) is 12.1 Å². The normalized spacial score (nSPS) is 19.1. The second kappa shape index (κ2) is 7.74. The van der Waals surface area contributed by atoms with E-state index in [1.807, 2.05) is 17.1 Å². The van der Waals surface area contributed by atoms with Gasteiger partial charge in [0.25, 0.3) is 0 Å². The first-order chi connectivity index (χ1) is 13.6. The van der Waals surface area contributed by atoms with Gasteiger partial charge in [0.05, 0.1) is 0 Å². The first-order valence-corrected chi connectivity index (χ1v) is 10.1. The number of nitrogens with zero attached hydrogens (tertiary/aromatic N) is 1. The Kier molecular flexibility index (Phi) is 5.16. The van der Waals surface area contributed by atoms with Crippen molar-refractivity contribution in [1.82, 2.24) is 15.8 Å². The number of hydrogen-bond acceptors (Lipinski definition) is 2. The summed E-state index contributed by atoms with van der Waals surface area (Å²) in [7, 11) is 0. The summed E-state index contributed by atoms with van der Waals surface area (Å²) >= 11 is 5.64. The van der Waals surface area contributed by atoms with E-state index >= 15 is 0 Å². The van der Waals surface area contributed by atoms with E-state index in [0.717, 1.165) is 11.5 Å². The Labute approximate surface area is 172 Å². The highest BCUT2D eigenvalue weighted by atomic mass is 32.1. The molecule has 0 radical (unpaired) electrons. The molecule has 1 heterocycles. The van der Waals surface area contributed by atoms with Crippen LogP contribution in [-0.4, -0.2) is 16.2 Å². The molecular formula is C24H25N3S. The predicted octanol–water partition coefficient (Wildman–Crippen LogP) is 4.85. The van der Waals surface area contributed by atoms with Crippen LogP contribution in [0.25, 0.3) is 11.1 Å². The zero-order valence-electron chi connectivity index (χ0n) is 16.2. The molecule has 0 unspecified atom stereocenters. The lowest BCUT2D eigenvalue weighted by Crippen LogP contribution is -2.51. The number of nitrogens with one attached hydrogen (secondary N) is 2. The maximum atomic E-state index is 5.64. The van der Waals surface area contributed by atoms with Crippen LogP contribution >= 0.6 is 12.2 Å². The zero-order valence-corrected chi connectivity index (χ0v) is 17.0. The second-order valence-electron chi connectivity index (χ2n) is 7.52. The minimum absolute atomic E-state index is 0.265. The van der Waals surface area contributed by atoms with Crippen molar-refractivity contribution < 1.29 is 0 Å². The molecular weight excluding hydrogens is 362 g/mol. The molecule has 2 N–H and O–H groups in total. The summed E-state index contributed by atoms with van der Waals surface area (Å²) in [6.45, 7) is 4.27. The highest BCUT2D eigenvalue weighted by Crippen LogP contribution is 2.30. The fourth-order valence-corrected chi connectivity index (χ4v) is 4.12. The van der Waals surface area contributed by atoms with Crippen LogP contribution in [0, 0.1) is 0 Å². The Bertz CT molecular complexity index is 939. The molecule has 0 aliphatic carbocycles. The average molecular weight is 388 g/mol. The molecule has 0 amide bonds. The van der Waals surface area contributed by atoms with Crippen LogP contribution in [0.15, 0.2) is 84.9 Å². The number of rotatable bonds is 5. The van der Waals surface area contributed by atoms with Crippen molar-refractivity contribution in [3.63, 3.8) is 0 Å². The summed E-state index contributed by atoms with van der Waals surface area (Å²) in [6.07, 6.45) is 0.794. The van der Waals surface area contributed by atoms with Crippen LogP contribution in [0.1, 0.15) is 25.0 Å². The standard InChI is InChI=1S/C24H25N3S/c1-18(2)27-23(28)25-24(26-27,17-19-9-5-3-6-10-19)22-15-13-21(14-16-22)20-11-7-4-8-12-20/h3-16,18,26H,17H2,1-2H3,(H,25,28)/t24-/m0/s1. The van der Waals surface area contributed by atoms with Crippen molar-refractivity contribution in [2.45, 2.75) is 32.0 Å². The van der Waals surface area contributed by atoms with Crippen molar-refractivity contribution in [2.24, 2.45) is 0 Å². The first-order valence-electron chi connectivity index (χ1n) is 9.66. The van der Waals surface area contributed by atoms with Crippen LogP contribution in [0.2, 0.25) is 0 Å². The first kappa shape index (κ1) is 18.7. The molecule has 142 valence electrons. The molecule has 3 nitrogen and oxygen atoms in total. The van der Waals surface area contributed by atoms with E-state index < -0.39 is 5.66 Å². The minimum Gasteiger partial charge on any atom is -0.338 e. The Morgan fingerprint density at radius 3 is 1.96 bits per heavy atom. The van der Waals surface area contributed by atoms with Gasteiger partial charge in [-0.3, -0.25) is 5.01 Å². The smallest absolute Gasteiger partial charge is 0.185 e. The lowest BCUT2D eigenvalue weighted by atomic mass is 9.91. The molecule has 3 aromatic rings. The van der Waals surface area contributed by atoms with E-state index in [0.29, 0.717) is 0 Å². The lowest BCUT2D eigenvalue weighted by molar-refractivity contribution is 0.187. The zero-order chi connectivity index (χ0) is 19.6. The van der Waals surface area contributed by atoms with Gasteiger partial charge >= 0.3 is 0 Å². The molecule has 0 aromatic heterocycles. The van der Waals surface area contributed by atoms with Gasteiger partial charge in [-0.15, -0.1) is 0 Å². The van der Waals surface area contributed by atoms with Crippen molar-refractivity contribution in [1.29, 1.82) is 0 Å². The lowest BCUT2D eigenvalue weighted by Gasteiger charge is -2.32. The van der Waals surface area contributed by atoms with Crippen LogP contribution in [0.3, 0.4) is 0 Å². The number of hydrazine groups is 1. The van der Waals surface area contributed by atoms with Crippen molar-refractivity contribution in [3.05, 3.63) is 96.1 Å². The van der Waals surface area contributed by atoms with Crippen LogP contribution < -0.4 is 10.7 Å². The number of thiocarbonyl (C=S) groups is 1. The minimum atomic E-state index is -0.460. The third kappa shape index (κ3) is 3.66. The molecule has 0 spiro atoms. The third-order valence-electron chi connectivity index (χ3n) is 5.16. The summed E-state index contributed by atoms with van der Waals surface area (Å²) < 4.78 is 0. The van der Waals surface area contributed by atoms with Gasteiger partial charge in [-0.1, -0.05) is 84.9 Å². The molecule has 28 heavy (non-hydrogen) atoms. The third-order valence-corrected chi connectivity index (χ3v) is 5.46. The van der Waals surface area contributed by atoms with E-state index in [-0.39, 0.29) is 6.04 Å². The van der Waals surface area contributed by atoms with E-state index in [9.17, 15) is 0 Å². The van der Waals surface area contributed by atoms with Gasteiger partial charge in [-0.2, -0.15) is 0 Å². The highest BCUT2D eigenvalue weighted by Gasteiger charge is 2.42. The molecule has 4 rings (SSSR count). The van der Waals surface area contributed by atoms with Crippen molar-refractivity contribution in [2.75, 3.05) is 0 Å². The average Bonchev–Trinajstić information content (AvgIpc) is 3.07. The Balaban J connectivity index is 1.71. The van der Waals surface area contributed by atoms with E-state index in [1.165, 1.54) is 22.3 Å². The Morgan fingerprint density at radius 2 is 1.39 bits per heavy atom. The molecule has 1 fully saturated rings. The van der Waals surface area contributed by atoms with E-state index in [2.05, 4.69) is 97.4 Å². The maximum absolute atomic E-state index is 5.64. The van der Waals surface area contributed by atoms with Gasteiger partial charge in [0.1, 0.15) is 5.66 Å². The molecule has 3 aromatic carbocycles. The molecule has 1 atom stereocenters. The topological polar surface area (TPSA) is 27.3 Å². The highest BCUT2D eigenvalue weighted by molar-refractivity contribution is 7.80. The Hall–Kier alpha value is -2.69. The fraction of sp³-hybridized carbons (Fsp3) is 0.208. The SMILES string of the molecule is CC(C)N1N[C@@](Cc2ccccc2)(c2ccc(-c3ccccc3)cc2)NC1=S. The summed E-state index contributed by atoms with van der Waals surface area (Å²) in [5.74, 6) is 0. The van der Waals surface area contributed by atoms with Gasteiger partial charge in [-0.05, 0) is 48.3 Å². The van der Waals surface area contributed by atoms with Crippen LogP contribution in [0.4, 0.5) is 0 Å². The number of hydrogen-bond donors (Lipinski definition) is 2. The summed E-state index contributed by atoms with van der Waals surface area (Å²) in [4.78, 5) is 0. The van der Waals surface area contributed by atoms with Crippen LogP contribution in [0.5, 0.6) is 0 Å². The summed E-state index contributed by atoms with van der Waals surface area (Å²) in [6, 6.07) is 30.0. The van der Waals surface area contributed by atoms with E-state index in [1.54, 1.807) is 0 Å². The summed E-state index contributed by atoms with van der Waals surface area (Å²) in [5, 5.41) is 6.35. The monoisotopic (exact) mass is 387 g/mol. The maximum Gasteiger partial charge on any atom is 0.185 e. The van der Waals surface area contributed by atoms with Crippen molar-refractivity contribution in [3.8, 4) is 11.1 Å². The molecule has 1 saturated heterocycles. The fourth-order valence-electron chi connectivity index (χ4n) is 3.69. The van der Waals surface area contributed by atoms with Gasteiger partial charge in [0.15, 0.2) is 5.11 Å². The van der Waals surface area contributed by atoms with Gasteiger partial charge < -0.3 is 5.32 Å². The van der Waals surface area contributed by atoms with Gasteiger partial charge in [0, 0.05) is 12.5 Å². The number of benzene rings is 3. The quantitative estimate of drug-likeness (QED) is 0.612. The van der Waals surface area contributed by atoms with Gasteiger partial charge in [0.2, 0.25) is 0 Å². The summed E-state index contributed by atoms with van der Waals surface area (Å²) in [5.41, 5.74) is 8.05. The molecule has 4 heteroatoms. The Morgan fingerprint density at radius 1 is 0.821 bits per heavy atom. The molecule has 0 bridgehead atoms.